The highest BCUT2D eigenvalue weighted by atomic mass is 35.5. The van der Waals surface area contributed by atoms with Crippen molar-refractivity contribution in [1.82, 2.24) is 10.6 Å². The van der Waals surface area contributed by atoms with Crippen molar-refractivity contribution in [3.05, 3.63) is 34.9 Å². The van der Waals surface area contributed by atoms with Crippen LogP contribution in [0.25, 0.3) is 0 Å². The Morgan fingerprint density at radius 1 is 1.33 bits per heavy atom. The predicted octanol–water partition coefficient (Wildman–Crippen LogP) is 1.80. The first-order chi connectivity index (χ1) is 9.97. The normalized spacial score (nSPS) is 22.6. The molecule has 2 amide bonds. The highest BCUT2D eigenvalue weighted by Gasteiger charge is 2.35. The van der Waals surface area contributed by atoms with Gasteiger partial charge >= 0.3 is 12.0 Å². The van der Waals surface area contributed by atoms with Crippen LogP contribution in [-0.2, 0) is 9.53 Å². The van der Waals surface area contributed by atoms with Gasteiger partial charge in [-0.1, -0.05) is 23.7 Å². The number of aliphatic carboxylic acids is 1. The molecule has 1 aliphatic heterocycles. The minimum absolute atomic E-state index is 0.118. The predicted molar refractivity (Wildman–Crippen MR) is 77.3 cm³/mol. The van der Waals surface area contributed by atoms with Crippen molar-refractivity contribution in [2.45, 2.75) is 19.0 Å². The summed E-state index contributed by atoms with van der Waals surface area (Å²) in [6, 6.07) is 6.00. The number of carbonyl (C=O) groups is 2. The Kier molecular flexibility index (Phi) is 5.03. The average molecular weight is 313 g/mol. The van der Waals surface area contributed by atoms with Crippen LogP contribution in [0.4, 0.5) is 4.79 Å². The lowest BCUT2D eigenvalue weighted by Gasteiger charge is -2.19. The van der Waals surface area contributed by atoms with Gasteiger partial charge in [-0.3, -0.25) is 4.79 Å². The summed E-state index contributed by atoms with van der Waals surface area (Å²) >= 11 is 5.81. The quantitative estimate of drug-likeness (QED) is 0.791. The molecular formula is C14H17ClN2O4. The van der Waals surface area contributed by atoms with Gasteiger partial charge in [-0.05, 0) is 24.6 Å². The number of urea groups is 1. The molecule has 1 fully saturated rings. The number of halogens is 1. The van der Waals surface area contributed by atoms with Crippen LogP contribution in [0, 0.1) is 5.92 Å². The maximum Gasteiger partial charge on any atom is 0.315 e. The molecule has 1 aromatic carbocycles. The Bertz CT molecular complexity index is 520. The molecule has 3 N–H and O–H groups in total. The van der Waals surface area contributed by atoms with Gasteiger partial charge in [0.05, 0.1) is 25.3 Å². The molecule has 7 heteroatoms. The molecule has 0 aromatic heterocycles. The van der Waals surface area contributed by atoms with Gasteiger partial charge in [-0.25, -0.2) is 4.79 Å². The fraction of sp³-hybridized carbons (Fsp3) is 0.429. The summed E-state index contributed by atoms with van der Waals surface area (Å²) in [5, 5.41) is 15.0. The number of carbonyl (C=O) groups excluding carboxylic acids is 1. The topological polar surface area (TPSA) is 87.7 Å². The molecule has 3 unspecified atom stereocenters. The first-order valence-electron chi connectivity index (χ1n) is 6.60. The summed E-state index contributed by atoms with van der Waals surface area (Å²) in [5.41, 5.74) is 0.909. The van der Waals surface area contributed by atoms with Crippen molar-refractivity contribution in [3.63, 3.8) is 0 Å². The first kappa shape index (κ1) is 15.6. The minimum atomic E-state index is -0.969. The van der Waals surface area contributed by atoms with E-state index >= 15 is 0 Å². The largest absolute Gasteiger partial charge is 0.481 e. The smallest absolute Gasteiger partial charge is 0.315 e. The molecule has 114 valence electrons. The van der Waals surface area contributed by atoms with Crippen LogP contribution in [0.3, 0.4) is 0 Å². The summed E-state index contributed by atoms with van der Waals surface area (Å²) in [6.45, 7) is 2.16. The maximum absolute atomic E-state index is 11.9. The zero-order chi connectivity index (χ0) is 15.4. The van der Waals surface area contributed by atoms with E-state index in [1.165, 1.54) is 0 Å². The van der Waals surface area contributed by atoms with E-state index in [1.54, 1.807) is 12.1 Å². The van der Waals surface area contributed by atoms with Crippen LogP contribution in [0.5, 0.6) is 0 Å². The molecule has 1 aliphatic rings. The fourth-order valence-corrected chi connectivity index (χ4v) is 2.31. The van der Waals surface area contributed by atoms with Gasteiger partial charge in [-0.15, -0.1) is 0 Å². The SMILES string of the molecule is CC(NC(=O)NC1COCC1C(=O)O)c1ccc(Cl)cc1. The molecule has 3 atom stereocenters. The summed E-state index contributed by atoms with van der Waals surface area (Å²) in [5.74, 6) is -1.68. The van der Waals surface area contributed by atoms with Crippen LogP contribution in [0.2, 0.25) is 5.02 Å². The second kappa shape index (κ2) is 6.78. The maximum atomic E-state index is 11.9. The Morgan fingerprint density at radius 2 is 2.00 bits per heavy atom. The van der Waals surface area contributed by atoms with Crippen molar-refractivity contribution in [2.24, 2.45) is 5.92 Å². The zero-order valence-corrected chi connectivity index (χ0v) is 12.3. The average Bonchev–Trinajstić information content (AvgIpc) is 2.87. The fourth-order valence-electron chi connectivity index (χ4n) is 2.18. The van der Waals surface area contributed by atoms with Gasteiger partial charge in [0.2, 0.25) is 0 Å². The molecule has 0 bridgehead atoms. The summed E-state index contributed by atoms with van der Waals surface area (Å²) < 4.78 is 5.10. The number of amides is 2. The number of benzene rings is 1. The lowest BCUT2D eigenvalue weighted by atomic mass is 10.0. The standard InChI is InChI=1S/C14H17ClN2O4/c1-8(9-2-4-10(15)5-3-9)16-14(20)17-12-7-21-6-11(12)13(18)19/h2-5,8,11-12H,6-7H2,1H3,(H,18,19)(H2,16,17,20). The molecule has 1 aromatic rings. The molecule has 0 saturated carbocycles. The Labute approximate surface area is 127 Å². The van der Waals surface area contributed by atoms with Crippen molar-refractivity contribution in [2.75, 3.05) is 13.2 Å². The number of carboxylic acids is 1. The van der Waals surface area contributed by atoms with Crippen LogP contribution in [-0.4, -0.2) is 36.4 Å². The third-order valence-corrected chi connectivity index (χ3v) is 3.68. The molecule has 6 nitrogen and oxygen atoms in total. The van der Waals surface area contributed by atoms with E-state index in [0.717, 1.165) is 5.56 Å². The number of ether oxygens (including phenoxy) is 1. The number of rotatable bonds is 4. The second-order valence-corrected chi connectivity index (χ2v) is 5.42. The van der Waals surface area contributed by atoms with Crippen molar-refractivity contribution in [1.29, 1.82) is 0 Å². The van der Waals surface area contributed by atoms with Gasteiger partial charge in [0, 0.05) is 5.02 Å². The number of hydrogen-bond donors (Lipinski definition) is 3. The highest BCUT2D eigenvalue weighted by Crippen LogP contribution is 2.17. The van der Waals surface area contributed by atoms with Crippen LogP contribution in [0.1, 0.15) is 18.5 Å². The lowest BCUT2D eigenvalue weighted by Crippen LogP contribution is -2.47. The molecule has 0 aliphatic carbocycles. The van der Waals surface area contributed by atoms with Crippen molar-refractivity contribution >= 4 is 23.6 Å². The monoisotopic (exact) mass is 312 g/mol. The van der Waals surface area contributed by atoms with E-state index in [1.807, 2.05) is 19.1 Å². The molecule has 1 saturated heterocycles. The van der Waals surface area contributed by atoms with Gasteiger partial charge < -0.3 is 20.5 Å². The van der Waals surface area contributed by atoms with E-state index in [-0.39, 0.29) is 19.3 Å². The summed E-state index contributed by atoms with van der Waals surface area (Å²) in [7, 11) is 0. The molecule has 0 radical (unpaired) electrons. The second-order valence-electron chi connectivity index (χ2n) is 4.98. The third kappa shape index (κ3) is 4.09. The van der Waals surface area contributed by atoms with Crippen LogP contribution < -0.4 is 10.6 Å². The van der Waals surface area contributed by atoms with E-state index in [9.17, 15) is 9.59 Å². The molecule has 0 spiro atoms. The molecule has 21 heavy (non-hydrogen) atoms. The van der Waals surface area contributed by atoms with Crippen molar-refractivity contribution in [3.8, 4) is 0 Å². The molecule has 1 heterocycles. The van der Waals surface area contributed by atoms with Gasteiger partial charge in [0.25, 0.3) is 0 Å². The molecular weight excluding hydrogens is 296 g/mol. The Morgan fingerprint density at radius 3 is 2.62 bits per heavy atom. The third-order valence-electron chi connectivity index (χ3n) is 3.43. The summed E-state index contributed by atoms with van der Waals surface area (Å²) in [6.07, 6.45) is 0. The van der Waals surface area contributed by atoms with Crippen molar-refractivity contribution < 1.29 is 19.4 Å². The highest BCUT2D eigenvalue weighted by molar-refractivity contribution is 6.30. The van der Waals surface area contributed by atoms with E-state index in [0.29, 0.717) is 5.02 Å². The van der Waals surface area contributed by atoms with Gasteiger partial charge in [0.1, 0.15) is 5.92 Å². The summed E-state index contributed by atoms with van der Waals surface area (Å²) in [4.78, 5) is 22.9. The Hall–Kier alpha value is -1.79. The van der Waals surface area contributed by atoms with E-state index in [2.05, 4.69) is 10.6 Å². The van der Waals surface area contributed by atoms with Crippen LogP contribution >= 0.6 is 11.6 Å². The lowest BCUT2D eigenvalue weighted by molar-refractivity contribution is -0.142. The minimum Gasteiger partial charge on any atom is -0.481 e. The van der Waals surface area contributed by atoms with Gasteiger partial charge in [0.15, 0.2) is 0 Å². The van der Waals surface area contributed by atoms with Crippen LogP contribution in [0.15, 0.2) is 24.3 Å². The number of hydrogen-bond acceptors (Lipinski definition) is 3. The van der Waals surface area contributed by atoms with E-state index in [4.69, 9.17) is 21.4 Å². The number of nitrogens with one attached hydrogen (secondary N) is 2. The first-order valence-corrected chi connectivity index (χ1v) is 6.98. The van der Waals surface area contributed by atoms with Gasteiger partial charge in [-0.2, -0.15) is 0 Å². The Balaban J connectivity index is 1.89. The number of carboxylic acid groups (broad SMARTS) is 1. The zero-order valence-electron chi connectivity index (χ0n) is 11.5. The van der Waals surface area contributed by atoms with E-state index < -0.39 is 24.0 Å². The molecule has 2 rings (SSSR count).